The zero-order chi connectivity index (χ0) is 29.9. The predicted octanol–water partition coefficient (Wildman–Crippen LogP) is 4.67. The largest absolute Gasteiger partial charge is 0.490 e. The molecule has 1 fully saturated rings. The molecule has 0 aliphatic carbocycles. The lowest BCUT2D eigenvalue weighted by atomic mass is 10.1. The van der Waals surface area contributed by atoms with Crippen molar-refractivity contribution in [2.45, 2.75) is 29.8 Å². The molecule has 0 saturated carbocycles. The van der Waals surface area contributed by atoms with Crippen molar-refractivity contribution in [3.8, 4) is 22.8 Å². The molecule has 42 heavy (non-hydrogen) atoms. The van der Waals surface area contributed by atoms with Gasteiger partial charge in [0.2, 0.25) is 15.9 Å². The number of carbonyl (C=O) groups is 1. The smallest absolute Gasteiger partial charge is 0.311 e. The monoisotopic (exact) mass is 608 g/mol. The molecular formula is C28H28N6O6S2. The van der Waals surface area contributed by atoms with Crippen LogP contribution in [0.5, 0.6) is 5.75 Å². The third kappa shape index (κ3) is 6.00. The first-order chi connectivity index (χ1) is 20.2. The van der Waals surface area contributed by atoms with Gasteiger partial charge in [-0.2, -0.15) is 4.31 Å². The molecule has 0 spiro atoms. The molecule has 14 heteroatoms. The van der Waals surface area contributed by atoms with Crippen LogP contribution in [0.15, 0.2) is 76.8 Å². The number of methoxy groups -OCH3 is 1. The molecule has 3 aromatic carbocycles. The number of nitro groups is 1. The zero-order valence-electron chi connectivity index (χ0n) is 22.9. The second-order valence-corrected chi connectivity index (χ2v) is 12.4. The summed E-state index contributed by atoms with van der Waals surface area (Å²) in [6.07, 6.45) is 1.68. The van der Waals surface area contributed by atoms with Crippen LogP contribution in [-0.2, 0) is 14.8 Å². The van der Waals surface area contributed by atoms with E-state index < -0.39 is 14.9 Å². The molecular weight excluding hydrogens is 580 g/mol. The number of anilines is 1. The van der Waals surface area contributed by atoms with Gasteiger partial charge < -0.3 is 10.1 Å². The van der Waals surface area contributed by atoms with E-state index in [4.69, 9.17) is 4.74 Å². The van der Waals surface area contributed by atoms with Gasteiger partial charge in [0.1, 0.15) is 0 Å². The van der Waals surface area contributed by atoms with Crippen LogP contribution in [0.25, 0.3) is 17.1 Å². The number of amides is 1. The summed E-state index contributed by atoms with van der Waals surface area (Å²) in [6, 6.07) is 18.7. The first kappa shape index (κ1) is 29.2. The number of rotatable bonds is 10. The number of hydrogen-bond donors (Lipinski definition) is 1. The molecule has 0 radical (unpaired) electrons. The number of sulfonamides is 1. The van der Waals surface area contributed by atoms with E-state index in [9.17, 15) is 23.3 Å². The van der Waals surface area contributed by atoms with Gasteiger partial charge in [0.15, 0.2) is 16.7 Å². The van der Waals surface area contributed by atoms with Crippen LogP contribution in [0.2, 0.25) is 0 Å². The summed E-state index contributed by atoms with van der Waals surface area (Å²) >= 11 is 1.15. The minimum absolute atomic E-state index is 0.0346. The lowest BCUT2D eigenvalue weighted by molar-refractivity contribution is -0.385. The van der Waals surface area contributed by atoms with Gasteiger partial charge in [-0.05, 0) is 49.6 Å². The fourth-order valence-corrected chi connectivity index (χ4v) is 6.98. The third-order valence-electron chi connectivity index (χ3n) is 6.77. The fraction of sp³-hybridized carbons (Fsp3) is 0.250. The molecule has 0 bridgehead atoms. The number of benzene rings is 3. The van der Waals surface area contributed by atoms with Crippen molar-refractivity contribution in [2.75, 3.05) is 31.3 Å². The number of thioether (sulfide) groups is 1. The SMILES string of the molecule is COc1cc(NC(=O)CSc2nnc(-c3cccc(S(=O)(=O)N4CCCC4)c3)n2-c2ccccc2)c(C)cc1[N+](=O)[O-]. The Morgan fingerprint density at radius 1 is 1.07 bits per heavy atom. The van der Waals surface area contributed by atoms with E-state index in [1.807, 2.05) is 30.3 Å². The molecule has 1 aliphatic rings. The van der Waals surface area contributed by atoms with Gasteiger partial charge in [0.05, 0.1) is 22.7 Å². The summed E-state index contributed by atoms with van der Waals surface area (Å²) in [5.74, 6) is 0.0731. The van der Waals surface area contributed by atoms with E-state index in [-0.39, 0.29) is 28.0 Å². The van der Waals surface area contributed by atoms with Gasteiger partial charge in [-0.3, -0.25) is 19.5 Å². The van der Waals surface area contributed by atoms with Crippen molar-refractivity contribution < 1.29 is 22.9 Å². The van der Waals surface area contributed by atoms with E-state index in [0.29, 0.717) is 40.9 Å². The summed E-state index contributed by atoms with van der Waals surface area (Å²) < 4.78 is 34.8. The summed E-state index contributed by atoms with van der Waals surface area (Å²) in [5, 5.41) is 23.2. The third-order valence-corrected chi connectivity index (χ3v) is 9.60. The average molecular weight is 609 g/mol. The van der Waals surface area contributed by atoms with Crippen LogP contribution < -0.4 is 10.1 Å². The van der Waals surface area contributed by atoms with Gasteiger partial charge in [-0.25, -0.2) is 8.42 Å². The highest BCUT2D eigenvalue weighted by Gasteiger charge is 2.28. The van der Waals surface area contributed by atoms with Crippen molar-refractivity contribution in [3.05, 3.63) is 82.4 Å². The standard InChI is InChI=1S/C28H28N6O6S2/c1-19-15-24(34(36)37)25(40-2)17-23(19)29-26(35)18-41-28-31-30-27(33(28)21-10-4-3-5-11-21)20-9-8-12-22(16-20)42(38,39)32-13-6-7-14-32/h3-5,8-12,15-17H,6-7,13-14,18H2,1-2H3,(H,29,35). The molecule has 2 heterocycles. The van der Waals surface area contributed by atoms with Gasteiger partial charge in [0, 0.05) is 42.2 Å². The van der Waals surface area contributed by atoms with E-state index in [1.54, 1.807) is 35.8 Å². The Morgan fingerprint density at radius 3 is 2.50 bits per heavy atom. The van der Waals surface area contributed by atoms with E-state index in [0.717, 1.165) is 30.3 Å². The number of para-hydroxylation sites is 1. The van der Waals surface area contributed by atoms with Crippen molar-refractivity contribution in [1.82, 2.24) is 19.1 Å². The van der Waals surface area contributed by atoms with Gasteiger partial charge in [-0.15, -0.1) is 10.2 Å². The molecule has 0 unspecified atom stereocenters. The van der Waals surface area contributed by atoms with Crippen molar-refractivity contribution in [1.29, 1.82) is 0 Å². The molecule has 1 saturated heterocycles. The van der Waals surface area contributed by atoms with Crippen LogP contribution in [0.4, 0.5) is 11.4 Å². The molecule has 4 aromatic rings. The lowest BCUT2D eigenvalue weighted by Gasteiger charge is -2.16. The number of carbonyl (C=O) groups excluding carboxylic acids is 1. The van der Waals surface area contributed by atoms with Crippen LogP contribution >= 0.6 is 11.8 Å². The summed E-state index contributed by atoms with van der Waals surface area (Å²) in [6.45, 7) is 2.66. The minimum Gasteiger partial charge on any atom is -0.490 e. The summed E-state index contributed by atoms with van der Waals surface area (Å²) in [5.41, 5.74) is 2.02. The normalized spacial score (nSPS) is 13.7. The Labute approximate surface area is 246 Å². The first-order valence-electron chi connectivity index (χ1n) is 13.1. The second-order valence-electron chi connectivity index (χ2n) is 9.55. The first-order valence-corrected chi connectivity index (χ1v) is 15.5. The van der Waals surface area contributed by atoms with E-state index >= 15 is 0 Å². The Bertz CT molecular complexity index is 1740. The number of ether oxygens (including phenoxy) is 1. The molecule has 5 rings (SSSR count). The number of aryl methyl sites for hydroxylation is 1. The number of nitrogens with one attached hydrogen (secondary N) is 1. The maximum absolute atomic E-state index is 13.2. The fourth-order valence-electron chi connectivity index (χ4n) is 4.66. The van der Waals surface area contributed by atoms with Gasteiger partial charge in [0.25, 0.3) is 0 Å². The lowest BCUT2D eigenvalue weighted by Crippen LogP contribution is -2.27. The topological polar surface area (TPSA) is 150 Å². The molecule has 1 amide bonds. The molecule has 1 N–H and O–H groups in total. The highest BCUT2D eigenvalue weighted by atomic mass is 32.2. The second kappa shape index (κ2) is 12.3. The predicted molar refractivity (Wildman–Crippen MR) is 159 cm³/mol. The summed E-state index contributed by atoms with van der Waals surface area (Å²) in [7, 11) is -2.31. The Kier molecular flexibility index (Phi) is 8.56. The quantitative estimate of drug-likeness (QED) is 0.154. The molecule has 0 atom stereocenters. The molecule has 218 valence electrons. The number of hydrogen-bond acceptors (Lipinski definition) is 9. The maximum atomic E-state index is 13.2. The van der Waals surface area contributed by atoms with Crippen LogP contribution in [0.3, 0.4) is 0 Å². The molecule has 12 nitrogen and oxygen atoms in total. The molecule has 1 aliphatic heterocycles. The van der Waals surface area contributed by atoms with Crippen molar-refractivity contribution >= 4 is 39.1 Å². The summed E-state index contributed by atoms with van der Waals surface area (Å²) in [4.78, 5) is 23.9. The Hall–Kier alpha value is -4.27. The van der Waals surface area contributed by atoms with Crippen molar-refractivity contribution in [3.63, 3.8) is 0 Å². The Morgan fingerprint density at radius 2 is 1.81 bits per heavy atom. The average Bonchev–Trinajstić information content (AvgIpc) is 3.69. The zero-order valence-corrected chi connectivity index (χ0v) is 24.5. The minimum atomic E-state index is -3.64. The molecule has 1 aromatic heterocycles. The highest BCUT2D eigenvalue weighted by Crippen LogP contribution is 2.34. The van der Waals surface area contributed by atoms with E-state index in [1.165, 1.54) is 23.5 Å². The number of nitrogens with zero attached hydrogens (tertiary/aromatic N) is 5. The van der Waals surface area contributed by atoms with Gasteiger partial charge in [-0.1, -0.05) is 42.1 Å². The van der Waals surface area contributed by atoms with Crippen LogP contribution in [-0.4, -0.2) is 64.3 Å². The van der Waals surface area contributed by atoms with E-state index in [2.05, 4.69) is 15.5 Å². The maximum Gasteiger partial charge on any atom is 0.311 e. The number of aromatic nitrogens is 3. The Balaban J connectivity index is 1.42. The van der Waals surface area contributed by atoms with Crippen LogP contribution in [0.1, 0.15) is 18.4 Å². The van der Waals surface area contributed by atoms with Crippen LogP contribution in [0, 0.1) is 17.0 Å². The highest BCUT2D eigenvalue weighted by molar-refractivity contribution is 7.99. The van der Waals surface area contributed by atoms with Gasteiger partial charge >= 0.3 is 5.69 Å². The number of nitro benzene ring substituents is 1. The van der Waals surface area contributed by atoms with Crippen molar-refractivity contribution in [2.24, 2.45) is 0 Å².